The first-order chi connectivity index (χ1) is 8.69. The van der Waals surface area contributed by atoms with Crippen molar-refractivity contribution in [1.29, 1.82) is 0 Å². The number of carbonyl (C=O) groups excluding carboxylic acids is 1. The molecule has 0 saturated carbocycles. The van der Waals surface area contributed by atoms with Crippen LogP contribution in [0.5, 0.6) is 0 Å². The number of ether oxygens (including phenoxy) is 1. The first-order valence-electron chi connectivity index (χ1n) is 5.03. The second-order valence-corrected chi connectivity index (χ2v) is 7.44. The minimum Gasteiger partial charge on any atom is -0.468 e. The summed E-state index contributed by atoms with van der Waals surface area (Å²) in [5.41, 5.74) is 6.14. The highest BCUT2D eigenvalue weighted by atomic mass is 79.9. The number of anilines is 2. The van der Waals surface area contributed by atoms with Gasteiger partial charge in [0.05, 0.1) is 18.5 Å². The number of methoxy groups -OCH3 is 1. The summed E-state index contributed by atoms with van der Waals surface area (Å²) in [4.78, 5) is 11.3. The van der Waals surface area contributed by atoms with E-state index in [4.69, 9.17) is 5.73 Å². The first-order valence-corrected chi connectivity index (χ1v) is 8.16. The van der Waals surface area contributed by atoms with Gasteiger partial charge >= 0.3 is 5.97 Å². The Hall–Kier alpha value is -0.800. The van der Waals surface area contributed by atoms with Gasteiger partial charge in [-0.2, -0.15) is 0 Å². The number of nitrogens with two attached hydrogens (primary N) is 1. The molecule has 1 aromatic carbocycles. The van der Waals surface area contributed by atoms with Gasteiger partial charge < -0.3 is 10.5 Å². The summed E-state index contributed by atoms with van der Waals surface area (Å²) in [7, 11) is -2.81. The number of rotatable bonds is 4. The van der Waals surface area contributed by atoms with E-state index in [1.54, 1.807) is 12.1 Å². The molecule has 0 spiro atoms. The van der Waals surface area contributed by atoms with E-state index >= 15 is 0 Å². The van der Waals surface area contributed by atoms with Gasteiger partial charge in [0.2, 0.25) is 10.0 Å². The standard InChI is InChI=1S/C10H12Br2N2O4S/c1-5(10(15)18-2)19(16,17)14-9-7(12)3-6(11)4-8(9)13/h3-5,14H,13H2,1-2H3. The lowest BCUT2D eigenvalue weighted by Gasteiger charge is -2.15. The van der Waals surface area contributed by atoms with Crippen molar-refractivity contribution in [2.45, 2.75) is 12.2 Å². The SMILES string of the molecule is COC(=O)C(C)S(=O)(=O)Nc1c(N)cc(Br)cc1Br. The zero-order chi connectivity index (χ0) is 14.8. The Morgan fingerprint density at radius 1 is 1.42 bits per heavy atom. The largest absolute Gasteiger partial charge is 0.468 e. The van der Waals surface area contributed by atoms with Crippen LogP contribution in [0.3, 0.4) is 0 Å². The number of carbonyl (C=O) groups is 1. The van der Waals surface area contributed by atoms with Gasteiger partial charge in [0.15, 0.2) is 5.25 Å². The summed E-state index contributed by atoms with van der Waals surface area (Å²) >= 11 is 6.43. The molecule has 0 saturated heterocycles. The molecule has 1 rings (SSSR count). The molecule has 0 aliphatic rings. The van der Waals surface area contributed by atoms with E-state index in [9.17, 15) is 13.2 Å². The van der Waals surface area contributed by atoms with E-state index < -0.39 is 21.2 Å². The third kappa shape index (κ3) is 3.83. The average molecular weight is 416 g/mol. The number of halogens is 2. The van der Waals surface area contributed by atoms with Crippen molar-refractivity contribution in [3.8, 4) is 0 Å². The van der Waals surface area contributed by atoms with Gasteiger partial charge in [0.1, 0.15) is 0 Å². The van der Waals surface area contributed by atoms with E-state index in [0.29, 0.717) is 8.95 Å². The van der Waals surface area contributed by atoms with E-state index in [1.807, 2.05) is 0 Å². The zero-order valence-electron chi connectivity index (χ0n) is 10.1. The quantitative estimate of drug-likeness (QED) is 0.579. The highest BCUT2D eigenvalue weighted by molar-refractivity contribution is 9.11. The highest BCUT2D eigenvalue weighted by Crippen LogP contribution is 2.33. The molecule has 3 N–H and O–H groups in total. The summed E-state index contributed by atoms with van der Waals surface area (Å²) in [5.74, 6) is -0.848. The number of hydrogen-bond acceptors (Lipinski definition) is 5. The molecular weight excluding hydrogens is 404 g/mol. The van der Waals surface area contributed by atoms with Crippen molar-refractivity contribution in [3.05, 3.63) is 21.1 Å². The van der Waals surface area contributed by atoms with Gasteiger partial charge in [-0.15, -0.1) is 0 Å². The molecule has 106 valence electrons. The fourth-order valence-corrected chi connectivity index (χ4v) is 3.75. The third-order valence-electron chi connectivity index (χ3n) is 2.33. The molecule has 1 aromatic rings. The van der Waals surface area contributed by atoms with Gasteiger partial charge in [0.25, 0.3) is 0 Å². The zero-order valence-corrected chi connectivity index (χ0v) is 14.1. The van der Waals surface area contributed by atoms with Crippen LogP contribution in [0.15, 0.2) is 21.1 Å². The topological polar surface area (TPSA) is 98.5 Å². The normalized spacial score (nSPS) is 12.8. The number of nitrogens with one attached hydrogen (secondary N) is 1. The summed E-state index contributed by atoms with van der Waals surface area (Å²) in [6, 6.07) is 3.18. The molecule has 0 fully saturated rings. The molecule has 0 amide bonds. The Morgan fingerprint density at radius 3 is 2.47 bits per heavy atom. The number of hydrogen-bond donors (Lipinski definition) is 2. The minimum absolute atomic E-state index is 0.180. The summed E-state index contributed by atoms with van der Waals surface area (Å²) in [6.45, 7) is 1.23. The molecule has 6 nitrogen and oxygen atoms in total. The molecule has 1 unspecified atom stereocenters. The Labute approximate surface area is 128 Å². The Morgan fingerprint density at radius 2 is 2.00 bits per heavy atom. The van der Waals surface area contributed by atoms with E-state index in [2.05, 4.69) is 41.3 Å². The van der Waals surface area contributed by atoms with Crippen molar-refractivity contribution in [2.24, 2.45) is 0 Å². The predicted molar refractivity (Wildman–Crippen MR) is 80.3 cm³/mol. The van der Waals surface area contributed by atoms with E-state index in [-0.39, 0.29) is 11.4 Å². The van der Waals surface area contributed by atoms with Crippen molar-refractivity contribution in [2.75, 3.05) is 17.6 Å². The van der Waals surface area contributed by atoms with Crippen molar-refractivity contribution < 1.29 is 17.9 Å². The Kier molecular flexibility index (Phi) is 5.22. The number of esters is 1. The molecular formula is C10H12Br2N2O4S. The molecule has 0 bridgehead atoms. The number of nitrogen functional groups attached to an aromatic ring is 1. The van der Waals surface area contributed by atoms with Crippen molar-refractivity contribution in [3.63, 3.8) is 0 Å². The van der Waals surface area contributed by atoms with Gasteiger partial charge in [0, 0.05) is 8.95 Å². The molecule has 0 radical (unpaired) electrons. The number of sulfonamides is 1. The smallest absolute Gasteiger partial charge is 0.325 e. The highest BCUT2D eigenvalue weighted by Gasteiger charge is 2.29. The molecule has 0 aliphatic heterocycles. The predicted octanol–water partition coefficient (Wildman–Crippen LogP) is 2.10. The molecule has 0 heterocycles. The Balaban J connectivity index is 3.13. The monoisotopic (exact) mass is 414 g/mol. The average Bonchev–Trinajstić information content (AvgIpc) is 2.31. The molecule has 19 heavy (non-hydrogen) atoms. The fraction of sp³-hybridized carbons (Fsp3) is 0.300. The summed E-state index contributed by atoms with van der Waals surface area (Å²) in [6.07, 6.45) is 0. The van der Waals surface area contributed by atoms with Crippen LogP contribution in [0.1, 0.15) is 6.92 Å². The lowest BCUT2D eigenvalue weighted by Crippen LogP contribution is -2.33. The van der Waals surface area contributed by atoms with Crippen LogP contribution >= 0.6 is 31.9 Å². The van der Waals surface area contributed by atoms with Crippen LogP contribution in [0.4, 0.5) is 11.4 Å². The van der Waals surface area contributed by atoms with E-state index in [0.717, 1.165) is 7.11 Å². The lowest BCUT2D eigenvalue weighted by atomic mass is 10.3. The molecule has 0 aliphatic carbocycles. The van der Waals surface area contributed by atoms with E-state index in [1.165, 1.54) is 6.92 Å². The maximum atomic E-state index is 12.0. The minimum atomic E-state index is -3.93. The van der Waals surface area contributed by atoms with Gasteiger partial charge in [-0.3, -0.25) is 9.52 Å². The van der Waals surface area contributed by atoms with Crippen molar-refractivity contribution in [1.82, 2.24) is 0 Å². The third-order valence-corrected chi connectivity index (χ3v) is 5.02. The van der Waals surface area contributed by atoms with Crippen LogP contribution in [-0.4, -0.2) is 26.7 Å². The second kappa shape index (κ2) is 6.10. The second-order valence-electron chi connectivity index (χ2n) is 3.66. The van der Waals surface area contributed by atoms with Crippen molar-refractivity contribution >= 4 is 59.2 Å². The summed E-state index contributed by atoms with van der Waals surface area (Å²) < 4.78 is 31.8. The first kappa shape index (κ1) is 16.3. The van der Waals surface area contributed by atoms with Gasteiger partial charge in [-0.25, -0.2) is 8.42 Å². The van der Waals surface area contributed by atoms with Crippen LogP contribution in [-0.2, 0) is 19.6 Å². The molecule has 9 heteroatoms. The van der Waals surface area contributed by atoms with Gasteiger partial charge in [-0.1, -0.05) is 15.9 Å². The van der Waals surface area contributed by atoms with Crippen LogP contribution in [0, 0.1) is 0 Å². The Bertz CT molecular complexity index is 581. The maximum absolute atomic E-state index is 12.0. The van der Waals surface area contributed by atoms with Crippen LogP contribution in [0.2, 0.25) is 0 Å². The maximum Gasteiger partial charge on any atom is 0.325 e. The lowest BCUT2D eigenvalue weighted by molar-refractivity contribution is -0.139. The van der Waals surface area contributed by atoms with Crippen LogP contribution in [0.25, 0.3) is 0 Å². The molecule has 1 atom stereocenters. The summed E-state index contributed by atoms with van der Waals surface area (Å²) in [5, 5.41) is -1.34. The van der Waals surface area contributed by atoms with Gasteiger partial charge in [-0.05, 0) is 35.0 Å². The molecule has 0 aromatic heterocycles. The fourth-order valence-electron chi connectivity index (χ4n) is 1.22. The number of benzene rings is 1. The van der Waals surface area contributed by atoms with Crippen LogP contribution < -0.4 is 10.5 Å².